The van der Waals surface area contributed by atoms with Crippen molar-refractivity contribution in [2.75, 3.05) is 42.7 Å². The van der Waals surface area contributed by atoms with Gasteiger partial charge >= 0.3 is 0 Å². The van der Waals surface area contributed by atoms with Crippen LogP contribution in [0.1, 0.15) is 24.3 Å². The normalized spacial score (nSPS) is 16.1. The fourth-order valence-electron chi connectivity index (χ4n) is 3.18. The molecule has 1 amide bonds. The third-order valence-electron chi connectivity index (χ3n) is 4.48. The molecule has 0 unspecified atom stereocenters. The van der Waals surface area contributed by atoms with Crippen molar-refractivity contribution in [3.63, 3.8) is 0 Å². The summed E-state index contributed by atoms with van der Waals surface area (Å²) in [4.78, 5) is 13.8. The molecule has 3 N–H and O–H groups in total. The van der Waals surface area contributed by atoms with E-state index < -0.39 is 15.9 Å². The third-order valence-corrected chi connectivity index (χ3v) is 5.79. The molecule has 0 atom stereocenters. The van der Waals surface area contributed by atoms with E-state index in [0.29, 0.717) is 37.4 Å². The third kappa shape index (κ3) is 4.11. The van der Waals surface area contributed by atoms with Crippen LogP contribution in [0.4, 0.5) is 11.4 Å². The Bertz CT molecular complexity index is 968. The second kappa shape index (κ2) is 7.28. The van der Waals surface area contributed by atoms with Crippen molar-refractivity contribution in [3.8, 4) is 0 Å². The summed E-state index contributed by atoms with van der Waals surface area (Å²) in [6.45, 7) is 6.02. The Labute approximate surface area is 158 Å². The minimum atomic E-state index is -3.16. The summed E-state index contributed by atoms with van der Waals surface area (Å²) in [5.74, 6) is -0.631. The predicted octanol–water partition coefficient (Wildman–Crippen LogP) is 0.631. The fourth-order valence-corrected chi connectivity index (χ4v) is 4.00. The van der Waals surface area contributed by atoms with Crippen LogP contribution >= 0.6 is 0 Å². The Morgan fingerprint density at radius 1 is 1.19 bits per heavy atom. The number of nitrogens with two attached hydrogens (primary N) is 1. The van der Waals surface area contributed by atoms with E-state index in [4.69, 9.17) is 5.73 Å². The molecule has 0 bridgehead atoms. The van der Waals surface area contributed by atoms with Gasteiger partial charge in [0.2, 0.25) is 10.0 Å². The van der Waals surface area contributed by atoms with E-state index >= 15 is 0 Å². The van der Waals surface area contributed by atoms with E-state index in [1.54, 1.807) is 0 Å². The first-order chi connectivity index (χ1) is 12.7. The summed E-state index contributed by atoms with van der Waals surface area (Å²) >= 11 is 0. The molecule has 10 heteroatoms. The molecule has 0 radical (unpaired) electrons. The number of amides is 1. The molecule has 0 saturated carbocycles. The van der Waals surface area contributed by atoms with Crippen LogP contribution in [0.2, 0.25) is 0 Å². The Morgan fingerprint density at radius 3 is 2.41 bits per heavy atom. The Morgan fingerprint density at radius 2 is 1.85 bits per heavy atom. The van der Waals surface area contributed by atoms with Crippen molar-refractivity contribution >= 4 is 38.2 Å². The summed E-state index contributed by atoms with van der Waals surface area (Å²) in [5.41, 5.74) is 7.71. The lowest BCUT2D eigenvalue weighted by Crippen LogP contribution is -2.48. The van der Waals surface area contributed by atoms with Gasteiger partial charge in [0.05, 0.1) is 17.5 Å². The lowest BCUT2D eigenvalue weighted by atomic mass is 10.1. The van der Waals surface area contributed by atoms with Gasteiger partial charge in [-0.15, -0.1) is 10.2 Å². The number of primary amides is 1. The average Bonchev–Trinajstić information content (AvgIpc) is 2.60. The van der Waals surface area contributed by atoms with E-state index in [9.17, 15) is 13.2 Å². The van der Waals surface area contributed by atoms with Crippen molar-refractivity contribution in [2.24, 2.45) is 5.73 Å². The molecule has 9 nitrogen and oxygen atoms in total. The van der Waals surface area contributed by atoms with Crippen LogP contribution in [0.5, 0.6) is 0 Å². The number of nitrogens with one attached hydrogen (secondary N) is 1. The van der Waals surface area contributed by atoms with E-state index in [0.717, 1.165) is 11.1 Å². The highest BCUT2D eigenvalue weighted by Crippen LogP contribution is 2.29. The second-order valence-electron chi connectivity index (χ2n) is 6.94. The maximum atomic E-state index is 11.7. The molecule has 0 spiro atoms. The number of piperazine rings is 1. The quantitative estimate of drug-likeness (QED) is 0.765. The number of benzene rings is 1. The molecular formula is C17H24N6O3S. The summed E-state index contributed by atoms with van der Waals surface area (Å²) in [5, 5.41) is 12.2. The SMILES string of the molecule is CC(C)Nc1c(C(N)=O)nnc2cc(N3CCN(S(C)(=O)=O)CC3)ccc12. The molecule has 1 aromatic carbocycles. The summed E-state index contributed by atoms with van der Waals surface area (Å²) < 4.78 is 24.8. The van der Waals surface area contributed by atoms with Gasteiger partial charge in [-0.05, 0) is 32.0 Å². The van der Waals surface area contributed by atoms with Crippen LogP contribution in [-0.4, -0.2) is 67.3 Å². The number of nitrogens with zero attached hydrogens (tertiary/aromatic N) is 4. The first-order valence-corrected chi connectivity index (χ1v) is 10.6. The van der Waals surface area contributed by atoms with Gasteiger partial charge in [0.1, 0.15) is 0 Å². The number of hydrogen-bond acceptors (Lipinski definition) is 7. The minimum Gasteiger partial charge on any atom is -0.380 e. The second-order valence-corrected chi connectivity index (χ2v) is 8.92. The molecule has 1 fully saturated rings. The van der Waals surface area contributed by atoms with Crippen molar-refractivity contribution in [2.45, 2.75) is 19.9 Å². The molecule has 2 heterocycles. The molecular weight excluding hydrogens is 368 g/mol. The van der Waals surface area contributed by atoms with Crippen LogP contribution in [0, 0.1) is 0 Å². The molecule has 2 aromatic rings. The average molecular weight is 392 g/mol. The van der Waals surface area contributed by atoms with Crippen LogP contribution in [-0.2, 0) is 10.0 Å². The first-order valence-electron chi connectivity index (χ1n) is 8.73. The van der Waals surface area contributed by atoms with Gasteiger partial charge in [-0.3, -0.25) is 4.79 Å². The van der Waals surface area contributed by atoms with E-state index in [-0.39, 0.29) is 11.7 Å². The number of carbonyl (C=O) groups is 1. The van der Waals surface area contributed by atoms with Crippen molar-refractivity contribution in [1.82, 2.24) is 14.5 Å². The van der Waals surface area contributed by atoms with Crippen LogP contribution in [0.15, 0.2) is 18.2 Å². The van der Waals surface area contributed by atoms with Gasteiger partial charge in [0.25, 0.3) is 5.91 Å². The molecule has 1 aliphatic rings. The fraction of sp³-hybridized carbons (Fsp3) is 0.471. The molecule has 1 saturated heterocycles. The number of fused-ring (bicyclic) bond motifs is 1. The summed E-state index contributed by atoms with van der Waals surface area (Å²) in [6, 6.07) is 5.82. The number of rotatable bonds is 5. The molecule has 1 aliphatic heterocycles. The Kier molecular flexibility index (Phi) is 5.20. The number of hydrogen-bond donors (Lipinski definition) is 2. The standard InChI is InChI=1S/C17H24N6O3S/c1-11(2)19-15-13-5-4-12(10-14(13)20-21-16(15)17(18)24)22-6-8-23(9-7-22)27(3,25)26/h4-5,10-11H,6-9H2,1-3H3,(H2,18,24)(H,19,20). The lowest BCUT2D eigenvalue weighted by Gasteiger charge is -2.34. The van der Waals surface area contributed by atoms with Crippen molar-refractivity contribution < 1.29 is 13.2 Å². The zero-order valence-corrected chi connectivity index (χ0v) is 16.5. The molecule has 1 aromatic heterocycles. The lowest BCUT2D eigenvalue weighted by molar-refractivity contribution is 0.0995. The Hall–Kier alpha value is -2.46. The van der Waals surface area contributed by atoms with Crippen molar-refractivity contribution in [1.29, 1.82) is 0 Å². The maximum absolute atomic E-state index is 11.7. The molecule has 27 heavy (non-hydrogen) atoms. The van der Waals surface area contributed by atoms with E-state index in [1.165, 1.54) is 10.6 Å². The summed E-state index contributed by atoms with van der Waals surface area (Å²) in [7, 11) is -3.16. The monoisotopic (exact) mass is 392 g/mol. The van der Waals surface area contributed by atoms with Gasteiger partial charge < -0.3 is 16.0 Å². The Balaban J connectivity index is 1.92. The number of anilines is 2. The van der Waals surface area contributed by atoms with Gasteiger partial charge in [-0.25, -0.2) is 8.42 Å². The molecule has 146 valence electrons. The smallest absolute Gasteiger partial charge is 0.271 e. The topological polar surface area (TPSA) is 122 Å². The van der Waals surface area contributed by atoms with Gasteiger partial charge in [-0.1, -0.05) is 0 Å². The maximum Gasteiger partial charge on any atom is 0.271 e. The highest BCUT2D eigenvalue weighted by Gasteiger charge is 2.24. The predicted molar refractivity (Wildman–Crippen MR) is 105 cm³/mol. The zero-order chi connectivity index (χ0) is 19.8. The highest BCUT2D eigenvalue weighted by molar-refractivity contribution is 7.88. The van der Waals surface area contributed by atoms with Gasteiger partial charge in [-0.2, -0.15) is 4.31 Å². The summed E-state index contributed by atoms with van der Waals surface area (Å²) in [6.07, 6.45) is 1.23. The number of sulfonamides is 1. The first kappa shape index (κ1) is 19.3. The van der Waals surface area contributed by atoms with Gasteiger partial charge in [0, 0.05) is 43.3 Å². The van der Waals surface area contributed by atoms with Gasteiger partial charge in [0.15, 0.2) is 5.69 Å². The zero-order valence-electron chi connectivity index (χ0n) is 15.6. The van der Waals surface area contributed by atoms with Crippen LogP contribution in [0.25, 0.3) is 10.9 Å². The minimum absolute atomic E-state index is 0.0965. The van der Waals surface area contributed by atoms with Crippen LogP contribution < -0.4 is 16.0 Å². The van der Waals surface area contributed by atoms with Crippen LogP contribution in [0.3, 0.4) is 0 Å². The highest BCUT2D eigenvalue weighted by atomic mass is 32.2. The number of aromatic nitrogens is 2. The largest absolute Gasteiger partial charge is 0.380 e. The van der Waals surface area contributed by atoms with E-state index in [2.05, 4.69) is 20.4 Å². The molecule has 0 aliphatic carbocycles. The van der Waals surface area contributed by atoms with Crippen molar-refractivity contribution in [3.05, 3.63) is 23.9 Å². The van der Waals surface area contributed by atoms with E-state index in [1.807, 2.05) is 32.0 Å². The molecule has 3 rings (SSSR count). The number of carbonyl (C=O) groups excluding carboxylic acids is 1.